The van der Waals surface area contributed by atoms with E-state index in [2.05, 4.69) is 5.32 Å². The van der Waals surface area contributed by atoms with Gasteiger partial charge in [-0.2, -0.15) is 0 Å². The maximum Gasteiger partial charge on any atom is 0.329 e. The van der Waals surface area contributed by atoms with Crippen LogP contribution in [0.2, 0.25) is 0 Å². The summed E-state index contributed by atoms with van der Waals surface area (Å²) in [7, 11) is -1.63. The first-order valence-corrected chi connectivity index (χ1v) is 7.24. The van der Waals surface area contributed by atoms with Crippen molar-refractivity contribution in [1.29, 1.82) is 0 Å². The standard InChI is InChI=1S/C9H18N2O6S/c1-11(4-6-18(2,15)16)9(14)10-3-5-17-7-8(12)13/h3-7H2,1-2H3,(H,10,14)(H,12,13). The van der Waals surface area contributed by atoms with E-state index < -0.39 is 28.4 Å². The Hall–Kier alpha value is -1.35. The molecule has 0 aliphatic carbocycles. The Morgan fingerprint density at radius 1 is 1.39 bits per heavy atom. The third kappa shape index (κ3) is 9.85. The van der Waals surface area contributed by atoms with Crippen LogP contribution in [-0.4, -0.2) is 75.8 Å². The summed E-state index contributed by atoms with van der Waals surface area (Å²) in [5.74, 6) is -1.18. The number of carbonyl (C=O) groups excluding carboxylic acids is 1. The van der Waals surface area contributed by atoms with Gasteiger partial charge in [0.1, 0.15) is 16.4 Å². The Bertz CT molecular complexity index is 381. The van der Waals surface area contributed by atoms with Crippen LogP contribution in [0.4, 0.5) is 4.79 Å². The molecule has 0 aromatic rings. The summed E-state index contributed by atoms with van der Waals surface area (Å²) in [5.41, 5.74) is 0. The lowest BCUT2D eigenvalue weighted by atomic mass is 10.6. The zero-order valence-corrected chi connectivity index (χ0v) is 11.2. The third-order valence-corrected chi connectivity index (χ3v) is 2.82. The van der Waals surface area contributed by atoms with E-state index in [1.54, 1.807) is 0 Å². The minimum atomic E-state index is -3.10. The highest BCUT2D eigenvalue weighted by atomic mass is 32.2. The van der Waals surface area contributed by atoms with Crippen LogP contribution in [0, 0.1) is 0 Å². The molecule has 0 atom stereocenters. The lowest BCUT2D eigenvalue weighted by molar-refractivity contribution is -0.142. The minimum Gasteiger partial charge on any atom is -0.480 e. The van der Waals surface area contributed by atoms with Gasteiger partial charge in [-0.3, -0.25) is 0 Å². The predicted octanol–water partition coefficient (Wildman–Crippen LogP) is -1.23. The van der Waals surface area contributed by atoms with E-state index in [4.69, 9.17) is 9.84 Å². The number of carboxylic acid groups (broad SMARTS) is 1. The number of amides is 2. The molecule has 0 bridgehead atoms. The van der Waals surface area contributed by atoms with Crippen molar-refractivity contribution in [2.45, 2.75) is 0 Å². The van der Waals surface area contributed by atoms with E-state index in [-0.39, 0.29) is 25.4 Å². The maximum atomic E-state index is 11.4. The van der Waals surface area contributed by atoms with Crippen molar-refractivity contribution in [3.8, 4) is 0 Å². The molecule has 0 aromatic heterocycles. The molecule has 0 fully saturated rings. The van der Waals surface area contributed by atoms with Crippen molar-refractivity contribution in [2.75, 3.05) is 45.4 Å². The number of sulfone groups is 1. The highest BCUT2D eigenvalue weighted by molar-refractivity contribution is 7.90. The molecule has 0 spiro atoms. The van der Waals surface area contributed by atoms with Crippen LogP contribution in [0.3, 0.4) is 0 Å². The van der Waals surface area contributed by atoms with Crippen molar-refractivity contribution < 1.29 is 27.9 Å². The molecule has 0 saturated carbocycles. The zero-order chi connectivity index (χ0) is 14.2. The van der Waals surface area contributed by atoms with E-state index in [1.807, 2.05) is 0 Å². The first-order chi connectivity index (χ1) is 8.22. The van der Waals surface area contributed by atoms with Gasteiger partial charge >= 0.3 is 12.0 Å². The highest BCUT2D eigenvalue weighted by Crippen LogP contribution is 1.89. The molecule has 18 heavy (non-hydrogen) atoms. The molecule has 106 valence electrons. The molecule has 0 unspecified atom stereocenters. The number of urea groups is 1. The Kier molecular flexibility index (Phi) is 7.29. The highest BCUT2D eigenvalue weighted by Gasteiger charge is 2.10. The largest absolute Gasteiger partial charge is 0.480 e. The maximum absolute atomic E-state index is 11.4. The SMILES string of the molecule is CN(CCS(C)(=O)=O)C(=O)NCCOCC(=O)O. The van der Waals surface area contributed by atoms with Gasteiger partial charge < -0.3 is 20.1 Å². The quantitative estimate of drug-likeness (QED) is 0.539. The van der Waals surface area contributed by atoms with Gasteiger partial charge in [0, 0.05) is 26.4 Å². The fourth-order valence-corrected chi connectivity index (χ4v) is 1.53. The number of hydrogen-bond acceptors (Lipinski definition) is 5. The topological polar surface area (TPSA) is 113 Å². The van der Waals surface area contributed by atoms with Crippen LogP contribution in [0.25, 0.3) is 0 Å². The molecule has 0 aliphatic heterocycles. The smallest absolute Gasteiger partial charge is 0.329 e. The second kappa shape index (κ2) is 7.88. The summed E-state index contributed by atoms with van der Waals surface area (Å²) in [6, 6.07) is -0.433. The van der Waals surface area contributed by atoms with Gasteiger partial charge in [0.05, 0.1) is 12.4 Å². The summed E-state index contributed by atoms with van der Waals surface area (Å²) in [6.07, 6.45) is 1.10. The summed E-state index contributed by atoms with van der Waals surface area (Å²) in [5, 5.41) is 10.7. The molecule has 2 N–H and O–H groups in total. The van der Waals surface area contributed by atoms with Gasteiger partial charge in [-0.05, 0) is 0 Å². The van der Waals surface area contributed by atoms with Gasteiger partial charge in [-0.15, -0.1) is 0 Å². The third-order valence-electron chi connectivity index (χ3n) is 1.89. The number of rotatable bonds is 8. The van der Waals surface area contributed by atoms with E-state index >= 15 is 0 Å². The number of ether oxygens (including phenoxy) is 1. The first-order valence-electron chi connectivity index (χ1n) is 5.18. The molecule has 2 amide bonds. The minimum absolute atomic E-state index is 0.0813. The molecule has 0 aliphatic rings. The first kappa shape index (κ1) is 16.6. The number of aliphatic carboxylic acids is 1. The zero-order valence-electron chi connectivity index (χ0n) is 10.4. The molecular formula is C9H18N2O6S. The lowest BCUT2D eigenvalue weighted by Gasteiger charge is -2.17. The van der Waals surface area contributed by atoms with Crippen LogP contribution in [-0.2, 0) is 19.4 Å². The molecular weight excluding hydrogens is 264 g/mol. The second-order valence-electron chi connectivity index (χ2n) is 3.73. The average Bonchev–Trinajstić information content (AvgIpc) is 2.23. The van der Waals surface area contributed by atoms with Crippen molar-refractivity contribution in [2.24, 2.45) is 0 Å². The number of nitrogens with one attached hydrogen (secondary N) is 1. The van der Waals surface area contributed by atoms with Crippen LogP contribution in [0.5, 0.6) is 0 Å². The van der Waals surface area contributed by atoms with Crippen LogP contribution in [0.1, 0.15) is 0 Å². The van der Waals surface area contributed by atoms with Crippen molar-refractivity contribution in [1.82, 2.24) is 10.2 Å². The summed E-state index contributed by atoms with van der Waals surface area (Å²) in [6.45, 7) is -0.0757. The molecule has 0 rings (SSSR count). The molecule has 0 aromatic carbocycles. The van der Waals surface area contributed by atoms with Crippen LogP contribution < -0.4 is 5.32 Å². The number of carbonyl (C=O) groups is 2. The predicted molar refractivity (Wildman–Crippen MR) is 64.2 cm³/mol. The molecule has 0 radical (unpaired) electrons. The number of carboxylic acids is 1. The van der Waals surface area contributed by atoms with Gasteiger partial charge in [-0.1, -0.05) is 0 Å². The van der Waals surface area contributed by atoms with E-state index in [0.717, 1.165) is 6.26 Å². The van der Waals surface area contributed by atoms with E-state index in [1.165, 1.54) is 11.9 Å². The Balaban J connectivity index is 3.72. The normalized spacial score (nSPS) is 11.0. The summed E-state index contributed by atoms with van der Waals surface area (Å²) >= 11 is 0. The lowest BCUT2D eigenvalue weighted by Crippen LogP contribution is -2.40. The van der Waals surface area contributed by atoms with E-state index in [9.17, 15) is 18.0 Å². The average molecular weight is 282 g/mol. The monoisotopic (exact) mass is 282 g/mol. The number of hydrogen-bond donors (Lipinski definition) is 2. The van der Waals surface area contributed by atoms with Crippen molar-refractivity contribution in [3.63, 3.8) is 0 Å². The van der Waals surface area contributed by atoms with Gasteiger partial charge in [-0.25, -0.2) is 18.0 Å². The molecule has 0 heterocycles. The second-order valence-corrected chi connectivity index (χ2v) is 5.99. The Morgan fingerprint density at radius 2 is 2.00 bits per heavy atom. The van der Waals surface area contributed by atoms with Crippen molar-refractivity contribution >= 4 is 21.8 Å². The van der Waals surface area contributed by atoms with Crippen molar-refractivity contribution in [3.05, 3.63) is 0 Å². The fraction of sp³-hybridized carbons (Fsp3) is 0.778. The summed E-state index contributed by atoms with van der Waals surface area (Å²) < 4.78 is 26.5. The van der Waals surface area contributed by atoms with Gasteiger partial charge in [0.15, 0.2) is 0 Å². The van der Waals surface area contributed by atoms with Gasteiger partial charge in [0.2, 0.25) is 0 Å². The van der Waals surface area contributed by atoms with Crippen LogP contribution >= 0.6 is 0 Å². The molecule has 9 heteroatoms. The fourth-order valence-electron chi connectivity index (χ4n) is 0.929. The summed E-state index contributed by atoms with van der Waals surface area (Å²) in [4.78, 5) is 22.7. The Labute approximate surface area is 106 Å². The van der Waals surface area contributed by atoms with Crippen LogP contribution in [0.15, 0.2) is 0 Å². The van der Waals surface area contributed by atoms with E-state index in [0.29, 0.717) is 0 Å². The Morgan fingerprint density at radius 3 is 2.50 bits per heavy atom. The molecule has 0 saturated heterocycles. The number of nitrogens with zero attached hydrogens (tertiary/aromatic N) is 1. The van der Waals surface area contributed by atoms with Gasteiger partial charge in [0.25, 0.3) is 0 Å². The molecule has 8 nitrogen and oxygen atoms in total.